The van der Waals surface area contributed by atoms with Crippen molar-refractivity contribution in [3.8, 4) is 0 Å². The predicted octanol–water partition coefficient (Wildman–Crippen LogP) is 4.59. The first-order valence-corrected chi connectivity index (χ1v) is 9.74. The number of esters is 1. The second kappa shape index (κ2) is 6.96. The highest BCUT2D eigenvalue weighted by Crippen LogP contribution is 2.48. The zero-order valence-electron chi connectivity index (χ0n) is 17.6. The van der Waals surface area contributed by atoms with E-state index in [4.69, 9.17) is 4.74 Å². The maximum absolute atomic E-state index is 12.9. The normalized spacial score (nSPS) is 17.6. The SMILES string of the molecule is Cc1cc(N(C)C)ccc1C1(c2ccc(N(C)C)cc2)OC(=O)c2ccccc21. The van der Waals surface area contributed by atoms with Gasteiger partial charge in [0, 0.05) is 56.3 Å². The fraction of sp³-hybridized carbons (Fsp3) is 0.240. The smallest absolute Gasteiger partial charge is 0.340 e. The average Bonchev–Trinajstić information content (AvgIpc) is 3.01. The van der Waals surface area contributed by atoms with E-state index in [0.717, 1.165) is 33.6 Å². The molecule has 0 saturated carbocycles. The van der Waals surface area contributed by atoms with Crippen molar-refractivity contribution < 1.29 is 9.53 Å². The molecule has 3 aromatic carbocycles. The molecule has 1 unspecified atom stereocenters. The Kier molecular flexibility index (Phi) is 4.58. The summed E-state index contributed by atoms with van der Waals surface area (Å²) in [4.78, 5) is 17.0. The van der Waals surface area contributed by atoms with E-state index in [9.17, 15) is 4.79 Å². The number of benzene rings is 3. The summed E-state index contributed by atoms with van der Waals surface area (Å²) in [6, 6.07) is 22.2. The van der Waals surface area contributed by atoms with Gasteiger partial charge in [-0.25, -0.2) is 4.79 Å². The quantitative estimate of drug-likeness (QED) is 0.614. The second-order valence-electron chi connectivity index (χ2n) is 7.95. The van der Waals surface area contributed by atoms with Gasteiger partial charge in [-0.05, 0) is 42.8 Å². The minimum Gasteiger partial charge on any atom is -0.441 e. The van der Waals surface area contributed by atoms with E-state index in [0.29, 0.717) is 5.56 Å². The molecular weight excluding hydrogens is 360 g/mol. The molecule has 4 nitrogen and oxygen atoms in total. The monoisotopic (exact) mass is 386 g/mol. The zero-order valence-corrected chi connectivity index (χ0v) is 17.6. The van der Waals surface area contributed by atoms with Crippen LogP contribution in [0.15, 0.2) is 66.7 Å². The van der Waals surface area contributed by atoms with Gasteiger partial charge in [0.25, 0.3) is 0 Å². The maximum Gasteiger partial charge on any atom is 0.340 e. The van der Waals surface area contributed by atoms with Gasteiger partial charge in [-0.2, -0.15) is 0 Å². The van der Waals surface area contributed by atoms with Crippen LogP contribution >= 0.6 is 0 Å². The van der Waals surface area contributed by atoms with E-state index in [1.165, 1.54) is 0 Å². The zero-order chi connectivity index (χ0) is 20.8. The van der Waals surface area contributed by atoms with Crippen molar-refractivity contribution in [2.45, 2.75) is 12.5 Å². The summed E-state index contributed by atoms with van der Waals surface area (Å²) in [6.45, 7) is 2.08. The molecule has 1 aliphatic heterocycles. The number of rotatable bonds is 4. The van der Waals surface area contributed by atoms with Crippen LogP contribution in [0, 0.1) is 6.92 Å². The molecule has 148 valence electrons. The summed E-state index contributed by atoms with van der Waals surface area (Å²) in [7, 11) is 8.07. The number of aryl methyl sites for hydroxylation is 1. The maximum atomic E-state index is 12.9. The van der Waals surface area contributed by atoms with E-state index in [-0.39, 0.29) is 5.97 Å². The summed E-state index contributed by atoms with van der Waals surface area (Å²) >= 11 is 0. The van der Waals surface area contributed by atoms with Crippen LogP contribution < -0.4 is 9.80 Å². The Bertz CT molecular complexity index is 1070. The first-order chi connectivity index (χ1) is 13.8. The van der Waals surface area contributed by atoms with E-state index >= 15 is 0 Å². The summed E-state index contributed by atoms with van der Waals surface area (Å²) in [5.41, 5.74) is 5.79. The molecule has 1 heterocycles. The van der Waals surface area contributed by atoms with Crippen LogP contribution in [0.5, 0.6) is 0 Å². The molecule has 0 N–H and O–H groups in total. The van der Waals surface area contributed by atoms with Crippen molar-refractivity contribution in [3.05, 3.63) is 94.5 Å². The third kappa shape index (κ3) is 2.96. The number of carbonyl (C=O) groups is 1. The third-order valence-electron chi connectivity index (χ3n) is 5.67. The van der Waals surface area contributed by atoms with Crippen molar-refractivity contribution in [1.82, 2.24) is 0 Å². The molecular formula is C25H26N2O2. The summed E-state index contributed by atoms with van der Waals surface area (Å²) < 4.78 is 6.21. The topological polar surface area (TPSA) is 32.8 Å². The Labute approximate surface area is 172 Å². The fourth-order valence-electron chi connectivity index (χ4n) is 4.10. The summed E-state index contributed by atoms with van der Waals surface area (Å²) in [6.07, 6.45) is 0. The Morgan fingerprint density at radius 1 is 0.759 bits per heavy atom. The molecule has 0 radical (unpaired) electrons. The highest BCUT2D eigenvalue weighted by atomic mass is 16.6. The lowest BCUT2D eigenvalue weighted by atomic mass is 9.78. The highest BCUT2D eigenvalue weighted by Gasteiger charge is 2.49. The Morgan fingerprint density at radius 2 is 1.38 bits per heavy atom. The Morgan fingerprint density at radius 3 is 2.00 bits per heavy atom. The molecule has 3 aromatic rings. The minimum absolute atomic E-state index is 0.284. The first-order valence-electron chi connectivity index (χ1n) is 9.74. The molecule has 0 aliphatic carbocycles. The van der Waals surface area contributed by atoms with Crippen molar-refractivity contribution >= 4 is 17.3 Å². The fourth-order valence-corrected chi connectivity index (χ4v) is 4.10. The van der Waals surface area contributed by atoms with E-state index in [1.807, 2.05) is 52.5 Å². The van der Waals surface area contributed by atoms with E-state index < -0.39 is 5.60 Å². The largest absolute Gasteiger partial charge is 0.441 e. The predicted molar refractivity (Wildman–Crippen MR) is 118 cm³/mol. The van der Waals surface area contributed by atoms with Crippen molar-refractivity contribution in [3.63, 3.8) is 0 Å². The van der Waals surface area contributed by atoms with Gasteiger partial charge in [0.1, 0.15) is 0 Å². The number of anilines is 2. The van der Waals surface area contributed by atoms with Gasteiger partial charge in [-0.3, -0.25) is 0 Å². The second-order valence-corrected chi connectivity index (χ2v) is 7.95. The molecule has 0 fully saturated rings. The third-order valence-corrected chi connectivity index (χ3v) is 5.67. The first kappa shape index (κ1) is 19.1. The van der Waals surface area contributed by atoms with E-state index in [1.54, 1.807) is 0 Å². The standard InChI is InChI=1S/C25H26N2O2/c1-17-16-20(27(4)5)14-15-22(17)25(18-10-12-19(13-11-18)26(2)3)23-9-7-6-8-21(23)24(28)29-25/h6-16H,1-5H3. The highest BCUT2D eigenvalue weighted by molar-refractivity contribution is 5.96. The molecule has 0 bridgehead atoms. The number of hydrogen-bond donors (Lipinski definition) is 0. The van der Waals surface area contributed by atoms with Gasteiger partial charge >= 0.3 is 5.97 Å². The average molecular weight is 386 g/mol. The van der Waals surface area contributed by atoms with Crippen LogP contribution in [-0.2, 0) is 10.3 Å². The van der Waals surface area contributed by atoms with Crippen molar-refractivity contribution in [2.75, 3.05) is 38.0 Å². The number of ether oxygens (including phenoxy) is 1. The number of hydrogen-bond acceptors (Lipinski definition) is 4. The van der Waals surface area contributed by atoms with Crippen LogP contribution in [0.25, 0.3) is 0 Å². The van der Waals surface area contributed by atoms with Crippen molar-refractivity contribution in [1.29, 1.82) is 0 Å². The van der Waals surface area contributed by atoms with Crippen LogP contribution in [0.1, 0.15) is 32.6 Å². The lowest BCUT2D eigenvalue weighted by Gasteiger charge is -2.32. The molecule has 1 aliphatic rings. The number of nitrogens with zero attached hydrogens (tertiary/aromatic N) is 2. The number of cyclic esters (lactones) is 1. The molecule has 0 spiro atoms. The Balaban J connectivity index is 1.99. The summed E-state index contributed by atoms with van der Waals surface area (Å²) in [5.74, 6) is -0.284. The van der Waals surface area contributed by atoms with Crippen LogP contribution in [0.3, 0.4) is 0 Å². The van der Waals surface area contributed by atoms with Gasteiger partial charge in [-0.15, -0.1) is 0 Å². The van der Waals surface area contributed by atoms with Gasteiger partial charge < -0.3 is 14.5 Å². The van der Waals surface area contributed by atoms with E-state index in [2.05, 4.69) is 59.2 Å². The van der Waals surface area contributed by atoms with Gasteiger partial charge in [0.05, 0.1) is 5.56 Å². The van der Waals surface area contributed by atoms with Gasteiger partial charge in [0.15, 0.2) is 5.60 Å². The van der Waals surface area contributed by atoms with Crippen LogP contribution in [-0.4, -0.2) is 34.2 Å². The molecule has 4 heteroatoms. The van der Waals surface area contributed by atoms with Crippen LogP contribution in [0.2, 0.25) is 0 Å². The van der Waals surface area contributed by atoms with Gasteiger partial charge in [0.2, 0.25) is 0 Å². The molecule has 0 amide bonds. The minimum atomic E-state index is -0.951. The van der Waals surface area contributed by atoms with Crippen molar-refractivity contribution in [2.24, 2.45) is 0 Å². The van der Waals surface area contributed by atoms with Gasteiger partial charge in [-0.1, -0.05) is 36.4 Å². The lowest BCUT2D eigenvalue weighted by Crippen LogP contribution is -2.30. The molecule has 4 rings (SSSR count). The lowest BCUT2D eigenvalue weighted by molar-refractivity contribution is 0.0250. The molecule has 0 saturated heterocycles. The summed E-state index contributed by atoms with van der Waals surface area (Å²) in [5, 5.41) is 0. The molecule has 1 atom stereocenters. The number of fused-ring (bicyclic) bond motifs is 1. The molecule has 0 aromatic heterocycles. The van der Waals surface area contributed by atoms with Crippen LogP contribution in [0.4, 0.5) is 11.4 Å². The Hall–Kier alpha value is -3.27. The number of carbonyl (C=O) groups excluding carboxylic acids is 1. The molecule has 29 heavy (non-hydrogen) atoms.